The third kappa shape index (κ3) is 4.09. The number of benzene rings is 1. The number of aliphatic imine (C=N–C) groups is 1. The van der Waals surface area contributed by atoms with Crippen LogP contribution < -0.4 is 4.74 Å². The van der Waals surface area contributed by atoms with Gasteiger partial charge in [-0.05, 0) is 42.7 Å². The maximum absolute atomic E-state index is 15.0. The van der Waals surface area contributed by atoms with Gasteiger partial charge in [0.15, 0.2) is 29.0 Å². The largest absolute Gasteiger partial charge is 0.477 e. The Kier molecular flexibility index (Phi) is 5.44. The van der Waals surface area contributed by atoms with Crippen LogP contribution in [0.2, 0.25) is 0 Å². The Labute approximate surface area is 203 Å². The van der Waals surface area contributed by atoms with Crippen molar-refractivity contribution < 1.29 is 27.8 Å². The number of aliphatic hydroxyl groups is 1. The molecule has 1 unspecified atom stereocenters. The molecule has 8 nitrogen and oxygen atoms in total. The summed E-state index contributed by atoms with van der Waals surface area (Å²) in [5.74, 6) is -1.97. The molecule has 3 aromatic heterocycles. The number of hydrogen-bond acceptors (Lipinski definition) is 6. The summed E-state index contributed by atoms with van der Waals surface area (Å²) in [6.45, 7) is -1.36. The highest BCUT2D eigenvalue weighted by Crippen LogP contribution is 2.42. The molecule has 1 fully saturated rings. The van der Waals surface area contributed by atoms with E-state index in [0.717, 1.165) is 36.2 Å². The Morgan fingerprint density at radius 2 is 2.00 bits per heavy atom. The Morgan fingerprint density at radius 1 is 1.19 bits per heavy atom. The number of hydrogen-bond donors (Lipinski definition) is 2. The molecule has 0 bridgehead atoms. The third-order valence-electron chi connectivity index (χ3n) is 6.32. The van der Waals surface area contributed by atoms with Crippen molar-refractivity contribution in [3.05, 3.63) is 60.1 Å². The Hall–Kier alpha value is -3.86. The Morgan fingerprint density at radius 3 is 2.69 bits per heavy atom. The molecule has 2 aliphatic rings. The quantitative estimate of drug-likeness (QED) is 0.392. The number of H-pyrrole nitrogens is 1. The molecule has 1 aromatic carbocycles. The number of rotatable bonds is 7. The normalized spacial score (nSPS) is 19.8. The second kappa shape index (κ2) is 8.66. The van der Waals surface area contributed by atoms with Crippen LogP contribution in [-0.4, -0.2) is 56.2 Å². The zero-order valence-corrected chi connectivity index (χ0v) is 19.0. The van der Waals surface area contributed by atoms with Crippen molar-refractivity contribution in [2.45, 2.75) is 31.0 Å². The molecular formula is C25H22F3N5O3. The van der Waals surface area contributed by atoms with E-state index in [1.807, 2.05) is 10.7 Å². The van der Waals surface area contributed by atoms with Crippen LogP contribution in [0.25, 0.3) is 22.3 Å². The molecule has 0 radical (unpaired) electrons. The van der Waals surface area contributed by atoms with Crippen LogP contribution in [0, 0.1) is 11.6 Å². The van der Waals surface area contributed by atoms with Crippen LogP contribution in [0.4, 0.5) is 13.2 Å². The summed E-state index contributed by atoms with van der Waals surface area (Å²) >= 11 is 0. The number of alkyl halides is 1. The van der Waals surface area contributed by atoms with Gasteiger partial charge in [0, 0.05) is 30.6 Å². The van der Waals surface area contributed by atoms with Crippen molar-refractivity contribution in [1.29, 1.82) is 0 Å². The molecule has 0 saturated heterocycles. The molecule has 0 spiro atoms. The second-order valence-corrected chi connectivity index (χ2v) is 9.10. The SMILES string of the molecule is OCC1(F)CN=C(Cc2cc(F)c(Oc3ccnc4[nH]cc(-c5ccnn5C5CC5)c34)c(F)c2)OC1. The van der Waals surface area contributed by atoms with Gasteiger partial charge in [0.2, 0.25) is 0 Å². The molecule has 1 saturated carbocycles. The zero-order chi connectivity index (χ0) is 24.9. The first kappa shape index (κ1) is 22.6. The summed E-state index contributed by atoms with van der Waals surface area (Å²) in [6.07, 6.45) is 7.07. The van der Waals surface area contributed by atoms with Gasteiger partial charge < -0.3 is 19.6 Å². The average Bonchev–Trinajstić information content (AvgIpc) is 3.43. The summed E-state index contributed by atoms with van der Waals surface area (Å²) in [5.41, 5.74) is 0.463. The highest BCUT2D eigenvalue weighted by Gasteiger charge is 2.34. The minimum absolute atomic E-state index is 0.0255. The first-order chi connectivity index (χ1) is 17.4. The summed E-state index contributed by atoms with van der Waals surface area (Å²) in [6, 6.07) is 6.04. The fourth-order valence-corrected chi connectivity index (χ4v) is 4.28. The molecule has 4 heterocycles. The number of fused-ring (bicyclic) bond motifs is 1. The number of nitrogens with one attached hydrogen (secondary N) is 1. The lowest BCUT2D eigenvalue weighted by Gasteiger charge is -2.26. The second-order valence-electron chi connectivity index (χ2n) is 9.10. The number of halogens is 3. The maximum Gasteiger partial charge on any atom is 0.198 e. The lowest BCUT2D eigenvalue weighted by molar-refractivity contribution is 0.0171. The Balaban J connectivity index is 1.30. The topological polar surface area (TPSA) is 97.5 Å². The number of ether oxygens (including phenoxy) is 2. The van der Waals surface area contributed by atoms with E-state index in [4.69, 9.17) is 14.6 Å². The monoisotopic (exact) mass is 497 g/mol. The number of aromatic nitrogens is 4. The van der Waals surface area contributed by atoms with Gasteiger partial charge in [-0.2, -0.15) is 5.10 Å². The van der Waals surface area contributed by atoms with Crippen molar-refractivity contribution in [2.24, 2.45) is 4.99 Å². The van der Waals surface area contributed by atoms with Crippen molar-refractivity contribution in [3.8, 4) is 22.8 Å². The molecule has 1 aliphatic carbocycles. The highest BCUT2D eigenvalue weighted by molar-refractivity contribution is 5.97. The van der Waals surface area contributed by atoms with Crippen LogP contribution in [0.5, 0.6) is 11.5 Å². The average molecular weight is 497 g/mol. The third-order valence-corrected chi connectivity index (χ3v) is 6.32. The molecule has 0 amide bonds. The molecule has 186 valence electrons. The standard InChI is InChI=1S/C25H22F3N5O3/c26-17-7-14(9-21-31-11-25(28,12-34)13-35-21)8-18(27)23(17)36-20-4-5-29-24-22(20)16(10-30-24)19-3-6-32-33(19)15-1-2-15/h3-8,10,15,34H,1-2,9,11-13H2,(H,29,30). The number of pyridine rings is 1. The minimum Gasteiger partial charge on any atom is -0.477 e. The van der Waals surface area contributed by atoms with Crippen molar-refractivity contribution in [1.82, 2.24) is 19.7 Å². The van der Waals surface area contributed by atoms with Gasteiger partial charge in [-0.1, -0.05) is 0 Å². The van der Waals surface area contributed by atoms with Gasteiger partial charge in [-0.25, -0.2) is 18.2 Å². The predicted molar refractivity (Wildman–Crippen MR) is 125 cm³/mol. The van der Waals surface area contributed by atoms with Gasteiger partial charge >= 0.3 is 0 Å². The van der Waals surface area contributed by atoms with Gasteiger partial charge in [-0.15, -0.1) is 0 Å². The van der Waals surface area contributed by atoms with E-state index in [0.29, 0.717) is 17.1 Å². The van der Waals surface area contributed by atoms with E-state index in [1.54, 1.807) is 18.5 Å². The first-order valence-electron chi connectivity index (χ1n) is 11.6. The first-order valence-corrected chi connectivity index (χ1v) is 11.6. The van der Waals surface area contributed by atoms with Gasteiger partial charge in [0.25, 0.3) is 0 Å². The molecule has 11 heteroatoms. The fraction of sp³-hybridized carbons (Fsp3) is 0.320. The fourth-order valence-electron chi connectivity index (χ4n) is 4.28. The molecule has 36 heavy (non-hydrogen) atoms. The van der Waals surface area contributed by atoms with Crippen molar-refractivity contribution in [3.63, 3.8) is 0 Å². The number of nitrogens with zero attached hydrogens (tertiary/aromatic N) is 4. The number of aliphatic hydroxyl groups excluding tert-OH is 1. The molecule has 2 N–H and O–H groups in total. The van der Waals surface area contributed by atoms with Crippen LogP contribution in [0.3, 0.4) is 0 Å². The predicted octanol–water partition coefficient (Wildman–Crippen LogP) is 4.50. The molecule has 4 aromatic rings. The molecular weight excluding hydrogens is 475 g/mol. The van der Waals surface area contributed by atoms with E-state index in [1.165, 1.54) is 6.20 Å². The maximum atomic E-state index is 15.0. The highest BCUT2D eigenvalue weighted by atomic mass is 19.1. The Bertz CT molecular complexity index is 1460. The molecule has 1 atom stereocenters. The molecule has 1 aliphatic heterocycles. The summed E-state index contributed by atoms with van der Waals surface area (Å²) < 4.78 is 57.1. The van der Waals surface area contributed by atoms with E-state index >= 15 is 8.78 Å². The van der Waals surface area contributed by atoms with Crippen LogP contribution in [0.15, 0.2) is 47.8 Å². The molecule has 6 rings (SSSR count). The summed E-state index contributed by atoms with van der Waals surface area (Å²) in [4.78, 5) is 11.4. The van der Waals surface area contributed by atoms with Crippen molar-refractivity contribution >= 4 is 16.9 Å². The van der Waals surface area contributed by atoms with E-state index in [-0.39, 0.29) is 36.8 Å². The van der Waals surface area contributed by atoms with E-state index < -0.39 is 29.7 Å². The minimum atomic E-state index is -1.94. The van der Waals surface area contributed by atoms with Gasteiger partial charge in [-0.3, -0.25) is 9.67 Å². The summed E-state index contributed by atoms with van der Waals surface area (Å²) in [5, 5.41) is 14.1. The smallest absolute Gasteiger partial charge is 0.198 e. The summed E-state index contributed by atoms with van der Waals surface area (Å²) in [7, 11) is 0. The lowest BCUT2D eigenvalue weighted by atomic mass is 10.1. The van der Waals surface area contributed by atoms with Crippen LogP contribution >= 0.6 is 0 Å². The number of aromatic amines is 1. The lowest BCUT2D eigenvalue weighted by Crippen LogP contribution is -2.42. The zero-order valence-electron chi connectivity index (χ0n) is 19.0. The van der Waals surface area contributed by atoms with E-state index in [2.05, 4.69) is 20.1 Å². The van der Waals surface area contributed by atoms with E-state index in [9.17, 15) is 4.39 Å². The van der Waals surface area contributed by atoms with Crippen molar-refractivity contribution in [2.75, 3.05) is 19.8 Å². The van der Waals surface area contributed by atoms with Gasteiger partial charge in [0.05, 0.1) is 30.3 Å². The van der Waals surface area contributed by atoms with Crippen LogP contribution in [0.1, 0.15) is 24.4 Å². The van der Waals surface area contributed by atoms with Crippen LogP contribution in [-0.2, 0) is 11.2 Å². The van der Waals surface area contributed by atoms with Gasteiger partial charge in [0.1, 0.15) is 18.0 Å².